The molecule has 0 bridgehead atoms. The molecule has 0 aromatic heterocycles. The smallest absolute Gasteiger partial charge is 0.338 e. The number of benzene rings is 1. The molecule has 1 aliphatic rings. The van der Waals surface area contributed by atoms with Crippen molar-refractivity contribution in [1.29, 1.82) is 0 Å². The van der Waals surface area contributed by atoms with Gasteiger partial charge in [0.2, 0.25) is 0 Å². The third kappa shape index (κ3) is 4.09. The van der Waals surface area contributed by atoms with Gasteiger partial charge >= 0.3 is 18.0 Å². The number of carbonyl (C=O) groups excluding carboxylic acids is 3. The molecule has 1 atom stereocenters. The minimum Gasteiger partial charge on any atom is -0.463 e. The lowest BCUT2D eigenvalue weighted by Crippen LogP contribution is -2.50. The fourth-order valence-corrected chi connectivity index (χ4v) is 2.20. The van der Waals surface area contributed by atoms with Gasteiger partial charge in [0.1, 0.15) is 12.4 Å². The molecule has 2 N–H and O–H groups in total. The van der Waals surface area contributed by atoms with Crippen LogP contribution < -0.4 is 10.6 Å². The Morgan fingerprint density at radius 2 is 1.83 bits per heavy atom. The first-order chi connectivity index (χ1) is 11.4. The second-order valence-corrected chi connectivity index (χ2v) is 5.02. The van der Waals surface area contributed by atoms with Crippen molar-refractivity contribution < 1.29 is 28.2 Å². The molecule has 7 nitrogen and oxygen atoms in total. The summed E-state index contributed by atoms with van der Waals surface area (Å²) >= 11 is 0. The van der Waals surface area contributed by atoms with E-state index in [-0.39, 0.29) is 30.0 Å². The number of ether oxygens (including phenoxy) is 2. The first-order valence-corrected chi connectivity index (χ1v) is 7.32. The van der Waals surface area contributed by atoms with Gasteiger partial charge in [0.25, 0.3) is 0 Å². The van der Waals surface area contributed by atoms with Crippen LogP contribution in [-0.2, 0) is 14.3 Å². The average molecular weight is 336 g/mol. The third-order valence-electron chi connectivity index (χ3n) is 3.29. The van der Waals surface area contributed by atoms with Gasteiger partial charge in [-0.25, -0.2) is 18.8 Å². The maximum atomic E-state index is 12.9. The zero-order chi connectivity index (χ0) is 17.7. The molecule has 2 amide bonds. The zero-order valence-electron chi connectivity index (χ0n) is 13.2. The summed E-state index contributed by atoms with van der Waals surface area (Å²) in [6.45, 7) is 3.13. The Balaban J connectivity index is 2.15. The molecule has 2 rings (SSSR count). The van der Waals surface area contributed by atoms with Gasteiger partial charge in [0.15, 0.2) is 0 Å². The first kappa shape index (κ1) is 17.5. The summed E-state index contributed by atoms with van der Waals surface area (Å²) in [5.74, 6) is -1.78. The number of carbonyl (C=O) groups is 3. The van der Waals surface area contributed by atoms with Gasteiger partial charge in [-0.15, -0.1) is 0 Å². The van der Waals surface area contributed by atoms with Crippen molar-refractivity contribution in [3.8, 4) is 0 Å². The topological polar surface area (TPSA) is 93.7 Å². The number of hydrogen-bond donors (Lipinski definition) is 2. The number of rotatable bonds is 5. The van der Waals surface area contributed by atoms with Crippen LogP contribution in [0.15, 0.2) is 35.5 Å². The predicted octanol–water partition coefficient (Wildman–Crippen LogP) is 1.50. The Labute approximate surface area is 137 Å². The Morgan fingerprint density at radius 3 is 2.46 bits per heavy atom. The van der Waals surface area contributed by atoms with Gasteiger partial charge in [-0.3, -0.25) is 0 Å². The summed E-state index contributed by atoms with van der Waals surface area (Å²) in [5, 5.41) is 4.98. The van der Waals surface area contributed by atoms with Crippen molar-refractivity contribution in [2.24, 2.45) is 0 Å². The Morgan fingerprint density at radius 1 is 1.17 bits per heavy atom. The van der Waals surface area contributed by atoms with Crippen LogP contribution in [0.25, 0.3) is 0 Å². The highest BCUT2D eigenvalue weighted by Gasteiger charge is 2.30. The first-order valence-electron chi connectivity index (χ1n) is 7.32. The van der Waals surface area contributed by atoms with E-state index < -0.39 is 29.8 Å². The van der Waals surface area contributed by atoms with Gasteiger partial charge in [-0.05, 0) is 38.1 Å². The lowest BCUT2D eigenvalue weighted by molar-refractivity contribution is -0.139. The molecule has 1 aromatic carbocycles. The van der Waals surface area contributed by atoms with Crippen LogP contribution in [0, 0.1) is 5.82 Å². The minimum absolute atomic E-state index is 0.153. The lowest BCUT2D eigenvalue weighted by Gasteiger charge is -2.26. The predicted molar refractivity (Wildman–Crippen MR) is 81.5 cm³/mol. The van der Waals surface area contributed by atoms with E-state index in [9.17, 15) is 18.8 Å². The van der Waals surface area contributed by atoms with Crippen molar-refractivity contribution in [2.45, 2.75) is 19.9 Å². The van der Waals surface area contributed by atoms with E-state index in [4.69, 9.17) is 9.47 Å². The Hall–Kier alpha value is -2.90. The quantitative estimate of drug-likeness (QED) is 0.795. The number of hydrogen-bond acceptors (Lipinski definition) is 5. The Bertz CT molecular complexity index is 684. The van der Waals surface area contributed by atoms with Crippen LogP contribution in [0.2, 0.25) is 0 Å². The molecule has 0 saturated carbocycles. The summed E-state index contributed by atoms with van der Waals surface area (Å²) in [7, 11) is 0. The average Bonchev–Trinajstić information content (AvgIpc) is 2.52. The van der Waals surface area contributed by atoms with Gasteiger partial charge in [0.05, 0.1) is 29.5 Å². The van der Waals surface area contributed by atoms with E-state index in [0.29, 0.717) is 0 Å². The van der Waals surface area contributed by atoms with Crippen LogP contribution in [-0.4, -0.2) is 37.2 Å². The van der Waals surface area contributed by atoms with E-state index >= 15 is 0 Å². The second kappa shape index (κ2) is 7.58. The van der Waals surface area contributed by atoms with Crippen molar-refractivity contribution in [3.05, 3.63) is 46.9 Å². The minimum atomic E-state index is -0.703. The summed E-state index contributed by atoms with van der Waals surface area (Å²) in [6, 6.07) is 3.73. The maximum absolute atomic E-state index is 12.9. The number of nitrogens with one attached hydrogen (secondary N) is 2. The van der Waals surface area contributed by atoms with Crippen LogP contribution in [0.3, 0.4) is 0 Å². The zero-order valence-corrected chi connectivity index (χ0v) is 13.2. The maximum Gasteiger partial charge on any atom is 0.338 e. The highest BCUT2D eigenvalue weighted by atomic mass is 19.1. The van der Waals surface area contributed by atoms with E-state index in [1.165, 1.54) is 12.1 Å². The number of urea groups is 1. The Kier molecular flexibility index (Phi) is 5.51. The van der Waals surface area contributed by atoms with Crippen molar-refractivity contribution in [3.63, 3.8) is 0 Å². The number of halogens is 1. The molecule has 1 aromatic rings. The molecule has 0 spiro atoms. The molecule has 1 aliphatic heterocycles. The number of amides is 2. The van der Waals surface area contributed by atoms with Crippen LogP contribution in [0.1, 0.15) is 24.2 Å². The molecule has 128 valence electrons. The molecule has 1 heterocycles. The number of esters is 2. The summed E-state index contributed by atoms with van der Waals surface area (Å²) in [6.07, 6.45) is 0. The molecule has 0 fully saturated rings. The normalized spacial score (nSPS) is 17.0. The van der Waals surface area contributed by atoms with Crippen molar-refractivity contribution in [1.82, 2.24) is 10.6 Å². The van der Waals surface area contributed by atoms with Crippen LogP contribution in [0.5, 0.6) is 0 Å². The van der Waals surface area contributed by atoms with Crippen molar-refractivity contribution in [2.75, 3.05) is 13.2 Å². The molecule has 24 heavy (non-hydrogen) atoms. The summed E-state index contributed by atoms with van der Waals surface area (Å²) in [5.41, 5.74) is 0.492. The SMILES string of the molecule is CCOC(=O)C1=C(COC(=O)c2ccc(F)cc2)NC(=O)NC1C. The second-order valence-electron chi connectivity index (χ2n) is 5.02. The van der Waals surface area contributed by atoms with E-state index in [1.807, 2.05) is 0 Å². The van der Waals surface area contributed by atoms with Gasteiger partial charge in [-0.1, -0.05) is 0 Å². The highest BCUT2D eigenvalue weighted by Crippen LogP contribution is 2.15. The van der Waals surface area contributed by atoms with Crippen LogP contribution in [0.4, 0.5) is 9.18 Å². The largest absolute Gasteiger partial charge is 0.463 e. The van der Waals surface area contributed by atoms with Crippen molar-refractivity contribution >= 4 is 18.0 Å². The molecule has 0 aliphatic carbocycles. The molecule has 0 radical (unpaired) electrons. The van der Waals surface area contributed by atoms with Gasteiger partial charge in [0, 0.05) is 0 Å². The van der Waals surface area contributed by atoms with Crippen LogP contribution >= 0.6 is 0 Å². The van der Waals surface area contributed by atoms with Gasteiger partial charge in [-0.2, -0.15) is 0 Å². The molecular formula is C16H17FN2O5. The highest BCUT2D eigenvalue weighted by molar-refractivity contribution is 5.95. The van der Waals surface area contributed by atoms with Gasteiger partial charge < -0.3 is 20.1 Å². The monoisotopic (exact) mass is 336 g/mol. The molecule has 1 unspecified atom stereocenters. The third-order valence-corrected chi connectivity index (χ3v) is 3.29. The lowest BCUT2D eigenvalue weighted by atomic mass is 10.0. The fraction of sp³-hybridized carbons (Fsp3) is 0.312. The standard InChI is InChI=1S/C16H17FN2O5/c1-3-23-15(21)13-9(2)18-16(22)19-12(13)8-24-14(20)10-4-6-11(17)7-5-10/h4-7,9H,3,8H2,1-2H3,(H2,18,19,22). The van der Waals surface area contributed by atoms with E-state index in [1.54, 1.807) is 13.8 Å². The fourth-order valence-electron chi connectivity index (χ4n) is 2.20. The summed E-state index contributed by atoms with van der Waals surface area (Å²) in [4.78, 5) is 35.5. The van der Waals surface area contributed by atoms with E-state index in [0.717, 1.165) is 12.1 Å². The molecular weight excluding hydrogens is 319 g/mol. The molecule has 8 heteroatoms. The summed E-state index contributed by atoms with van der Waals surface area (Å²) < 4.78 is 22.9. The molecule has 0 saturated heterocycles. The van der Waals surface area contributed by atoms with E-state index in [2.05, 4.69) is 10.6 Å².